The lowest BCUT2D eigenvalue weighted by molar-refractivity contribution is -0.145. The summed E-state index contributed by atoms with van der Waals surface area (Å²) in [6, 6.07) is 0. The van der Waals surface area contributed by atoms with Gasteiger partial charge in [0.15, 0.2) is 11.6 Å². The van der Waals surface area contributed by atoms with Gasteiger partial charge in [0.2, 0.25) is 5.89 Å². The molecule has 0 aliphatic carbocycles. The van der Waals surface area contributed by atoms with Crippen molar-refractivity contribution in [2.75, 3.05) is 26.3 Å². The fourth-order valence-corrected chi connectivity index (χ4v) is 2.30. The molecule has 2 saturated heterocycles. The maximum atomic E-state index is 5.65. The van der Waals surface area contributed by atoms with E-state index in [9.17, 15) is 0 Å². The fraction of sp³-hybridized carbons (Fsp3) is 0.800. The summed E-state index contributed by atoms with van der Waals surface area (Å²) in [5, 5.41) is 3.88. The summed E-state index contributed by atoms with van der Waals surface area (Å²) < 4.78 is 16.2. The molecule has 16 heavy (non-hydrogen) atoms. The molecule has 6 nitrogen and oxygen atoms in total. The molecular formula is C10H15N3O3. The van der Waals surface area contributed by atoms with Crippen LogP contribution in [0.25, 0.3) is 0 Å². The third kappa shape index (κ3) is 1.83. The van der Waals surface area contributed by atoms with E-state index in [1.54, 1.807) is 6.92 Å². The normalized spacial score (nSPS) is 24.6. The highest BCUT2D eigenvalue weighted by Crippen LogP contribution is 2.30. The van der Waals surface area contributed by atoms with Gasteiger partial charge < -0.3 is 14.0 Å². The number of aryl methyl sites for hydroxylation is 1. The van der Waals surface area contributed by atoms with Gasteiger partial charge in [0.05, 0.1) is 26.3 Å². The Morgan fingerprint density at radius 2 is 2.19 bits per heavy atom. The highest BCUT2D eigenvalue weighted by atomic mass is 16.7. The lowest BCUT2D eigenvalue weighted by Crippen LogP contribution is -2.34. The van der Waals surface area contributed by atoms with E-state index in [1.165, 1.54) is 0 Å². The molecule has 1 aromatic rings. The second-order valence-electron chi connectivity index (χ2n) is 4.30. The molecule has 0 bridgehead atoms. The van der Waals surface area contributed by atoms with Crippen molar-refractivity contribution in [3.63, 3.8) is 0 Å². The first-order valence-corrected chi connectivity index (χ1v) is 5.55. The monoisotopic (exact) mass is 225 g/mol. The summed E-state index contributed by atoms with van der Waals surface area (Å²) in [6.07, 6.45) is 0.920. The van der Waals surface area contributed by atoms with E-state index in [-0.39, 0.29) is 5.79 Å². The quantitative estimate of drug-likeness (QED) is 0.722. The predicted octanol–water partition coefficient (Wildman–Crippen LogP) is 0.327. The standard InChI is InChI=1S/C10H15N3O3/c1-8-11-9(12-16-8)6-13-3-2-10(7-13)14-4-5-15-10/h2-7H2,1H3. The molecule has 3 heterocycles. The van der Waals surface area contributed by atoms with Gasteiger partial charge in [0.25, 0.3) is 0 Å². The molecule has 2 aliphatic rings. The van der Waals surface area contributed by atoms with Crippen LogP contribution in [-0.4, -0.2) is 47.1 Å². The van der Waals surface area contributed by atoms with Crippen LogP contribution in [-0.2, 0) is 16.0 Å². The van der Waals surface area contributed by atoms with Gasteiger partial charge in [-0.25, -0.2) is 0 Å². The molecule has 88 valence electrons. The smallest absolute Gasteiger partial charge is 0.223 e. The molecule has 2 fully saturated rings. The molecule has 0 unspecified atom stereocenters. The zero-order valence-corrected chi connectivity index (χ0v) is 9.31. The minimum atomic E-state index is -0.362. The predicted molar refractivity (Wildman–Crippen MR) is 53.6 cm³/mol. The number of nitrogens with zero attached hydrogens (tertiary/aromatic N) is 3. The summed E-state index contributed by atoms with van der Waals surface area (Å²) in [5.74, 6) is 0.975. The largest absolute Gasteiger partial charge is 0.346 e. The van der Waals surface area contributed by atoms with Crippen LogP contribution in [0.4, 0.5) is 0 Å². The van der Waals surface area contributed by atoms with Crippen LogP contribution in [0.15, 0.2) is 4.52 Å². The van der Waals surface area contributed by atoms with Crippen molar-refractivity contribution in [1.82, 2.24) is 15.0 Å². The number of rotatable bonds is 2. The van der Waals surface area contributed by atoms with E-state index < -0.39 is 0 Å². The van der Waals surface area contributed by atoms with E-state index >= 15 is 0 Å². The van der Waals surface area contributed by atoms with Gasteiger partial charge in [-0.05, 0) is 0 Å². The molecule has 0 saturated carbocycles. The Morgan fingerprint density at radius 3 is 2.88 bits per heavy atom. The van der Waals surface area contributed by atoms with Crippen LogP contribution >= 0.6 is 0 Å². The SMILES string of the molecule is Cc1nc(CN2CCC3(C2)OCCO3)no1. The Morgan fingerprint density at radius 1 is 1.38 bits per heavy atom. The Bertz CT molecular complexity index is 373. The van der Waals surface area contributed by atoms with Gasteiger partial charge in [-0.3, -0.25) is 4.90 Å². The van der Waals surface area contributed by atoms with Crippen LogP contribution in [0.2, 0.25) is 0 Å². The molecule has 1 aromatic heterocycles. The first-order valence-electron chi connectivity index (χ1n) is 5.55. The molecule has 2 aliphatic heterocycles. The number of likely N-dealkylation sites (tertiary alicyclic amines) is 1. The van der Waals surface area contributed by atoms with Crippen LogP contribution < -0.4 is 0 Å². The summed E-state index contributed by atoms with van der Waals surface area (Å²) in [6.45, 7) is 5.65. The molecule has 6 heteroatoms. The van der Waals surface area contributed by atoms with E-state index in [2.05, 4.69) is 15.0 Å². The molecule has 0 atom stereocenters. The molecule has 0 amide bonds. The third-order valence-corrected chi connectivity index (χ3v) is 3.02. The van der Waals surface area contributed by atoms with Gasteiger partial charge >= 0.3 is 0 Å². The maximum absolute atomic E-state index is 5.65. The lowest BCUT2D eigenvalue weighted by atomic mass is 10.2. The van der Waals surface area contributed by atoms with Crippen molar-refractivity contribution in [2.45, 2.75) is 25.7 Å². The number of ether oxygens (including phenoxy) is 2. The van der Waals surface area contributed by atoms with Gasteiger partial charge in [0.1, 0.15) is 0 Å². The first kappa shape index (κ1) is 10.2. The van der Waals surface area contributed by atoms with E-state index in [1.807, 2.05) is 0 Å². The van der Waals surface area contributed by atoms with Gasteiger partial charge in [-0.1, -0.05) is 5.16 Å². The zero-order chi connectivity index (χ0) is 11.0. The summed E-state index contributed by atoms with van der Waals surface area (Å²) in [4.78, 5) is 6.42. The number of aromatic nitrogens is 2. The van der Waals surface area contributed by atoms with E-state index in [0.717, 1.165) is 25.3 Å². The van der Waals surface area contributed by atoms with Crippen molar-refractivity contribution < 1.29 is 14.0 Å². The Hall–Kier alpha value is -0.980. The van der Waals surface area contributed by atoms with Crippen LogP contribution in [0.5, 0.6) is 0 Å². The van der Waals surface area contributed by atoms with Gasteiger partial charge in [0, 0.05) is 19.9 Å². The number of hydrogen-bond donors (Lipinski definition) is 0. The Kier molecular flexibility index (Phi) is 2.42. The summed E-state index contributed by atoms with van der Waals surface area (Å²) in [7, 11) is 0. The van der Waals surface area contributed by atoms with Gasteiger partial charge in [-0.15, -0.1) is 0 Å². The van der Waals surface area contributed by atoms with Crippen molar-refractivity contribution in [3.8, 4) is 0 Å². The van der Waals surface area contributed by atoms with Crippen molar-refractivity contribution in [3.05, 3.63) is 11.7 Å². The minimum Gasteiger partial charge on any atom is -0.346 e. The third-order valence-electron chi connectivity index (χ3n) is 3.02. The van der Waals surface area contributed by atoms with Crippen LogP contribution in [0, 0.1) is 6.92 Å². The van der Waals surface area contributed by atoms with Crippen LogP contribution in [0.1, 0.15) is 18.1 Å². The summed E-state index contributed by atoms with van der Waals surface area (Å²) >= 11 is 0. The highest BCUT2D eigenvalue weighted by Gasteiger charge is 2.43. The Labute approximate surface area is 93.5 Å². The van der Waals surface area contributed by atoms with Crippen molar-refractivity contribution in [1.29, 1.82) is 0 Å². The minimum absolute atomic E-state index is 0.362. The summed E-state index contributed by atoms with van der Waals surface area (Å²) in [5.41, 5.74) is 0. The second-order valence-corrected chi connectivity index (χ2v) is 4.30. The first-order chi connectivity index (χ1) is 7.76. The highest BCUT2D eigenvalue weighted by molar-refractivity contribution is 4.91. The van der Waals surface area contributed by atoms with Gasteiger partial charge in [-0.2, -0.15) is 4.98 Å². The number of hydrogen-bond acceptors (Lipinski definition) is 6. The average molecular weight is 225 g/mol. The zero-order valence-electron chi connectivity index (χ0n) is 9.31. The molecule has 0 aromatic carbocycles. The molecule has 0 radical (unpaired) electrons. The molecule has 1 spiro atoms. The van der Waals surface area contributed by atoms with Crippen molar-refractivity contribution >= 4 is 0 Å². The molecule has 0 N–H and O–H groups in total. The second kappa shape index (κ2) is 3.80. The van der Waals surface area contributed by atoms with Crippen LogP contribution in [0.3, 0.4) is 0 Å². The van der Waals surface area contributed by atoms with Crippen molar-refractivity contribution in [2.24, 2.45) is 0 Å². The Balaban J connectivity index is 1.61. The topological polar surface area (TPSA) is 60.6 Å². The lowest BCUT2D eigenvalue weighted by Gasteiger charge is -2.21. The van der Waals surface area contributed by atoms with E-state index in [4.69, 9.17) is 14.0 Å². The molecular weight excluding hydrogens is 210 g/mol. The van der Waals surface area contributed by atoms with E-state index in [0.29, 0.717) is 25.6 Å². The fourth-order valence-electron chi connectivity index (χ4n) is 2.30. The maximum Gasteiger partial charge on any atom is 0.223 e. The molecule has 3 rings (SSSR count). The average Bonchev–Trinajstić information content (AvgIpc) is 2.94.